The van der Waals surface area contributed by atoms with Gasteiger partial charge in [0.2, 0.25) is 10.0 Å². The summed E-state index contributed by atoms with van der Waals surface area (Å²) >= 11 is 1.49. The van der Waals surface area contributed by atoms with Crippen LogP contribution in [0.1, 0.15) is 17.6 Å². The van der Waals surface area contributed by atoms with Crippen LogP contribution in [0, 0.1) is 6.92 Å². The molecule has 27 heavy (non-hydrogen) atoms. The van der Waals surface area contributed by atoms with Gasteiger partial charge in [0.1, 0.15) is 17.2 Å². The van der Waals surface area contributed by atoms with E-state index in [1.807, 2.05) is 31.4 Å². The average molecular weight is 405 g/mol. The lowest BCUT2D eigenvalue weighted by Crippen LogP contribution is -2.23. The number of hydrogen-bond acceptors (Lipinski definition) is 6. The molecule has 0 spiro atoms. The fourth-order valence-corrected chi connectivity index (χ4v) is 3.95. The van der Waals surface area contributed by atoms with E-state index in [1.54, 1.807) is 24.3 Å². The Balaban J connectivity index is 1.63. The largest absolute Gasteiger partial charge is 0.494 e. The molecule has 0 amide bonds. The number of hydrogen-bond donors (Lipinski definition) is 1. The van der Waals surface area contributed by atoms with Gasteiger partial charge >= 0.3 is 0 Å². The van der Waals surface area contributed by atoms with E-state index >= 15 is 0 Å². The Hall–Kier alpha value is -2.42. The fourth-order valence-electron chi connectivity index (χ4n) is 2.34. The van der Waals surface area contributed by atoms with E-state index in [-0.39, 0.29) is 11.4 Å². The molecule has 0 aliphatic carbocycles. The van der Waals surface area contributed by atoms with Gasteiger partial charge in [0.05, 0.1) is 28.7 Å². The first-order valence-corrected chi connectivity index (χ1v) is 10.7. The van der Waals surface area contributed by atoms with Crippen LogP contribution in [0.5, 0.6) is 17.2 Å². The van der Waals surface area contributed by atoms with Gasteiger partial charge in [-0.1, -0.05) is 0 Å². The molecule has 6 nitrogen and oxygen atoms in total. The molecule has 3 aromatic rings. The van der Waals surface area contributed by atoms with Crippen molar-refractivity contribution in [2.24, 2.45) is 0 Å². The van der Waals surface area contributed by atoms with Crippen LogP contribution in [0.15, 0.2) is 58.8 Å². The third kappa shape index (κ3) is 5.29. The van der Waals surface area contributed by atoms with Crippen LogP contribution in [-0.4, -0.2) is 20.0 Å². The Morgan fingerprint density at radius 3 is 2.15 bits per heavy atom. The van der Waals surface area contributed by atoms with Gasteiger partial charge in [-0.05, 0) is 62.4 Å². The van der Waals surface area contributed by atoms with E-state index in [4.69, 9.17) is 9.47 Å². The minimum absolute atomic E-state index is 0.164. The molecular weight excluding hydrogens is 384 g/mol. The van der Waals surface area contributed by atoms with Crippen molar-refractivity contribution in [3.8, 4) is 17.2 Å². The second-order valence-corrected chi connectivity index (χ2v) is 8.49. The molecule has 0 aliphatic rings. The maximum absolute atomic E-state index is 12.4. The van der Waals surface area contributed by atoms with Crippen molar-refractivity contribution in [3.05, 3.63) is 64.6 Å². The van der Waals surface area contributed by atoms with E-state index in [2.05, 4.69) is 9.71 Å². The molecule has 0 unspecified atom stereocenters. The number of ether oxygens (including phenoxy) is 2. The number of nitrogens with zero attached hydrogens (tertiary/aromatic N) is 1. The van der Waals surface area contributed by atoms with E-state index in [1.165, 1.54) is 23.5 Å². The highest BCUT2D eigenvalue weighted by atomic mass is 32.2. The van der Waals surface area contributed by atoms with Gasteiger partial charge in [-0.25, -0.2) is 18.1 Å². The summed E-state index contributed by atoms with van der Waals surface area (Å²) in [7, 11) is -3.61. The topological polar surface area (TPSA) is 77.5 Å². The van der Waals surface area contributed by atoms with Crippen molar-refractivity contribution < 1.29 is 17.9 Å². The number of benzene rings is 2. The van der Waals surface area contributed by atoms with Crippen LogP contribution in [0.4, 0.5) is 0 Å². The van der Waals surface area contributed by atoms with Gasteiger partial charge in [-0.15, -0.1) is 11.3 Å². The van der Waals surface area contributed by atoms with Crippen LogP contribution in [0.25, 0.3) is 0 Å². The zero-order chi connectivity index (χ0) is 19.3. The molecule has 1 heterocycles. The Kier molecular flexibility index (Phi) is 6.10. The van der Waals surface area contributed by atoms with Gasteiger partial charge in [0, 0.05) is 5.38 Å². The summed E-state index contributed by atoms with van der Waals surface area (Å²) in [5.41, 5.74) is 0.705. The lowest BCUT2D eigenvalue weighted by molar-refractivity contribution is 0.339. The highest BCUT2D eigenvalue weighted by Crippen LogP contribution is 2.25. The van der Waals surface area contributed by atoms with Gasteiger partial charge in [-0.3, -0.25) is 0 Å². The minimum atomic E-state index is -3.61. The van der Waals surface area contributed by atoms with E-state index < -0.39 is 10.0 Å². The number of rotatable bonds is 8. The van der Waals surface area contributed by atoms with Gasteiger partial charge in [0.15, 0.2) is 0 Å². The summed E-state index contributed by atoms with van der Waals surface area (Å²) in [5.74, 6) is 1.96. The van der Waals surface area contributed by atoms with Crippen LogP contribution >= 0.6 is 11.3 Å². The quantitative estimate of drug-likeness (QED) is 0.611. The molecule has 0 atom stereocenters. The predicted molar refractivity (Wildman–Crippen MR) is 105 cm³/mol. The van der Waals surface area contributed by atoms with E-state index in [0.29, 0.717) is 23.8 Å². The zero-order valence-electron chi connectivity index (χ0n) is 15.0. The summed E-state index contributed by atoms with van der Waals surface area (Å²) in [6.45, 7) is 4.57. The third-order valence-electron chi connectivity index (χ3n) is 3.61. The Labute approximate surface area is 162 Å². The molecule has 2 aromatic carbocycles. The van der Waals surface area contributed by atoms with Crippen LogP contribution in [0.2, 0.25) is 0 Å². The van der Waals surface area contributed by atoms with Crippen LogP contribution in [-0.2, 0) is 16.6 Å². The van der Waals surface area contributed by atoms with Crippen LogP contribution < -0.4 is 14.2 Å². The number of aryl methyl sites for hydroxylation is 1. The monoisotopic (exact) mass is 404 g/mol. The lowest BCUT2D eigenvalue weighted by atomic mass is 10.3. The highest BCUT2D eigenvalue weighted by Gasteiger charge is 2.14. The summed E-state index contributed by atoms with van der Waals surface area (Å²) in [6, 6.07) is 13.5. The second-order valence-electron chi connectivity index (χ2n) is 5.66. The Bertz CT molecular complexity index is 981. The number of aromatic nitrogens is 1. The molecule has 1 aromatic heterocycles. The van der Waals surface area contributed by atoms with Gasteiger partial charge in [0.25, 0.3) is 0 Å². The molecule has 0 fully saturated rings. The lowest BCUT2D eigenvalue weighted by Gasteiger charge is -2.09. The summed E-state index contributed by atoms with van der Waals surface area (Å²) in [4.78, 5) is 4.42. The Morgan fingerprint density at radius 1 is 1.00 bits per heavy atom. The second kappa shape index (κ2) is 8.51. The first-order valence-electron chi connectivity index (χ1n) is 8.38. The first kappa shape index (κ1) is 19.3. The standard InChI is InChI=1S/C19H20N2O4S2/c1-3-24-16-4-6-17(7-5-16)25-18-8-10-19(11-9-18)27(22,23)20-12-15-13-26-14(2)21-15/h4-11,13,20H,3,12H2,1-2H3. The van der Waals surface area contributed by atoms with E-state index in [9.17, 15) is 8.42 Å². The van der Waals surface area contributed by atoms with E-state index in [0.717, 1.165) is 10.8 Å². The zero-order valence-corrected chi connectivity index (χ0v) is 16.6. The molecule has 1 N–H and O–H groups in total. The number of thiazole rings is 1. The first-order chi connectivity index (χ1) is 13.0. The predicted octanol–water partition coefficient (Wildman–Crippen LogP) is 4.12. The molecular formula is C19H20N2O4S2. The molecule has 0 aliphatic heterocycles. The molecule has 142 valence electrons. The van der Waals surface area contributed by atoms with Gasteiger partial charge < -0.3 is 9.47 Å². The van der Waals surface area contributed by atoms with Gasteiger partial charge in [-0.2, -0.15) is 0 Å². The Morgan fingerprint density at radius 2 is 1.59 bits per heavy atom. The number of sulfonamides is 1. The van der Waals surface area contributed by atoms with Crippen molar-refractivity contribution in [1.29, 1.82) is 0 Å². The molecule has 8 heteroatoms. The summed E-state index contributed by atoms with van der Waals surface area (Å²) < 4.78 is 38.5. The fraction of sp³-hybridized carbons (Fsp3) is 0.211. The maximum Gasteiger partial charge on any atom is 0.240 e. The van der Waals surface area contributed by atoms with Crippen molar-refractivity contribution >= 4 is 21.4 Å². The normalized spacial score (nSPS) is 11.3. The smallest absolute Gasteiger partial charge is 0.240 e. The molecule has 0 saturated heterocycles. The van der Waals surface area contributed by atoms with Crippen molar-refractivity contribution in [2.45, 2.75) is 25.3 Å². The van der Waals surface area contributed by atoms with Crippen molar-refractivity contribution in [2.75, 3.05) is 6.61 Å². The highest BCUT2D eigenvalue weighted by molar-refractivity contribution is 7.89. The SMILES string of the molecule is CCOc1ccc(Oc2ccc(S(=O)(=O)NCc3csc(C)n3)cc2)cc1. The summed E-state index contributed by atoms with van der Waals surface area (Å²) in [5, 5.41) is 2.74. The minimum Gasteiger partial charge on any atom is -0.494 e. The maximum atomic E-state index is 12.4. The molecule has 3 rings (SSSR count). The van der Waals surface area contributed by atoms with Crippen molar-refractivity contribution in [1.82, 2.24) is 9.71 Å². The average Bonchev–Trinajstić information content (AvgIpc) is 3.08. The molecule has 0 bridgehead atoms. The summed E-state index contributed by atoms with van der Waals surface area (Å²) in [6.07, 6.45) is 0. The molecule has 0 radical (unpaired) electrons. The van der Waals surface area contributed by atoms with Crippen LogP contribution in [0.3, 0.4) is 0 Å². The van der Waals surface area contributed by atoms with Crippen molar-refractivity contribution in [3.63, 3.8) is 0 Å². The third-order valence-corrected chi connectivity index (χ3v) is 5.85. The number of nitrogens with one attached hydrogen (secondary N) is 1. The molecule has 0 saturated carbocycles.